The van der Waals surface area contributed by atoms with Gasteiger partial charge in [-0.15, -0.1) is 0 Å². The molecule has 3 heterocycles. The van der Waals surface area contributed by atoms with Gasteiger partial charge in [0.25, 0.3) is 0 Å². The van der Waals surface area contributed by atoms with Crippen LogP contribution in [0.15, 0.2) is 192 Å². The van der Waals surface area contributed by atoms with Crippen molar-refractivity contribution in [2.45, 2.75) is 0 Å². The average Bonchev–Trinajstić information content (AvgIpc) is 3.84. The molecule has 0 unspecified atom stereocenters. The predicted molar refractivity (Wildman–Crippen MR) is 235 cm³/mol. The molecular weight excluding hydrogens is 711 g/mol. The smallest absolute Gasteiger partial charge is 0.187 e. The van der Waals surface area contributed by atoms with Crippen LogP contribution in [0.25, 0.3) is 111 Å². The van der Waals surface area contributed by atoms with Crippen LogP contribution in [0.4, 0.5) is 5.69 Å². The Hall–Kier alpha value is -8.14. The summed E-state index contributed by atoms with van der Waals surface area (Å²) < 4.78 is 8.53. The van der Waals surface area contributed by atoms with E-state index in [9.17, 15) is 0 Å². The maximum Gasteiger partial charge on any atom is 0.187 e. The van der Waals surface area contributed by atoms with Crippen molar-refractivity contribution < 1.29 is 4.42 Å². The number of aromatic nitrogens is 4. The minimum Gasteiger partial charge on any atom is -0.456 e. The Balaban J connectivity index is 1.21. The Kier molecular flexibility index (Phi) is 7.76. The van der Waals surface area contributed by atoms with E-state index in [4.69, 9.17) is 25.9 Å². The Bertz CT molecular complexity index is 3360. The third kappa shape index (κ3) is 5.61. The first-order valence-electron chi connectivity index (χ1n) is 19.1. The summed E-state index contributed by atoms with van der Waals surface area (Å²) in [6.07, 6.45) is 0. The Morgan fingerprint density at radius 1 is 0.397 bits per heavy atom. The predicted octanol–water partition coefficient (Wildman–Crippen LogP) is 13.8. The lowest BCUT2D eigenvalue weighted by Gasteiger charge is -2.17. The molecule has 270 valence electrons. The van der Waals surface area contributed by atoms with Gasteiger partial charge in [0.2, 0.25) is 0 Å². The first kappa shape index (κ1) is 33.2. The van der Waals surface area contributed by atoms with E-state index in [0.717, 1.165) is 88.4 Å². The molecule has 0 radical (unpaired) electrons. The van der Waals surface area contributed by atoms with Crippen molar-refractivity contribution in [3.05, 3.63) is 199 Å². The van der Waals surface area contributed by atoms with Gasteiger partial charge in [0.1, 0.15) is 11.2 Å². The molecule has 58 heavy (non-hydrogen) atoms. The van der Waals surface area contributed by atoms with E-state index in [0.29, 0.717) is 23.2 Å². The molecule has 0 amide bonds. The Morgan fingerprint density at radius 3 is 1.74 bits per heavy atom. The number of para-hydroxylation sites is 2. The standard InChI is InChI=1S/C52H31N5O/c1-53-39-18-12-17-35(29-39)38-23-26-41-40-19-8-10-21-45(40)57(47(41)32-38)46-27-24-36(37-25-28-49-43(30-37)42-20-9-11-22-48(42)58-49)31-44(46)52-55-50(33-13-4-2-5-14-33)54-51(56-52)34-15-6-3-7-16-34/h2-32H. The number of nitrogens with zero attached hydrogens (tertiary/aromatic N) is 5. The van der Waals surface area contributed by atoms with Crippen molar-refractivity contribution in [3.63, 3.8) is 0 Å². The number of hydrogen-bond donors (Lipinski definition) is 0. The molecule has 8 aromatic carbocycles. The normalized spacial score (nSPS) is 11.4. The van der Waals surface area contributed by atoms with Crippen molar-refractivity contribution in [2.75, 3.05) is 0 Å². The van der Waals surface area contributed by atoms with Crippen LogP contribution < -0.4 is 0 Å². The van der Waals surface area contributed by atoms with Gasteiger partial charge in [-0.1, -0.05) is 140 Å². The van der Waals surface area contributed by atoms with Gasteiger partial charge >= 0.3 is 0 Å². The molecule has 6 nitrogen and oxygen atoms in total. The van der Waals surface area contributed by atoms with Crippen molar-refractivity contribution in [1.29, 1.82) is 0 Å². The fraction of sp³-hybridized carbons (Fsp3) is 0. The zero-order chi connectivity index (χ0) is 38.6. The largest absolute Gasteiger partial charge is 0.456 e. The third-order valence-corrected chi connectivity index (χ3v) is 10.9. The second-order valence-corrected chi connectivity index (χ2v) is 14.3. The first-order chi connectivity index (χ1) is 28.7. The highest BCUT2D eigenvalue weighted by atomic mass is 16.3. The van der Waals surface area contributed by atoms with Crippen molar-refractivity contribution in [1.82, 2.24) is 19.5 Å². The maximum absolute atomic E-state index is 7.65. The minimum atomic E-state index is 0.561. The third-order valence-electron chi connectivity index (χ3n) is 10.9. The van der Waals surface area contributed by atoms with Crippen LogP contribution in [0, 0.1) is 6.57 Å². The molecule has 0 atom stereocenters. The molecule has 0 saturated heterocycles. The first-order valence-corrected chi connectivity index (χ1v) is 19.1. The highest BCUT2D eigenvalue weighted by Crippen LogP contribution is 2.41. The van der Waals surface area contributed by atoms with Crippen molar-refractivity contribution in [3.8, 4) is 62.1 Å². The molecule has 11 aromatic rings. The number of fused-ring (bicyclic) bond motifs is 6. The van der Waals surface area contributed by atoms with Gasteiger partial charge in [0.05, 0.1) is 23.3 Å². The van der Waals surface area contributed by atoms with E-state index in [2.05, 4.69) is 100 Å². The van der Waals surface area contributed by atoms with Gasteiger partial charge in [-0.3, -0.25) is 0 Å². The molecule has 0 saturated carbocycles. The second-order valence-electron chi connectivity index (χ2n) is 14.3. The molecule has 6 heteroatoms. The van der Waals surface area contributed by atoms with Gasteiger partial charge in [0.15, 0.2) is 23.2 Å². The van der Waals surface area contributed by atoms with Gasteiger partial charge in [0, 0.05) is 38.2 Å². The van der Waals surface area contributed by atoms with Gasteiger partial charge in [-0.2, -0.15) is 0 Å². The molecule has 0 aliphatic heterocycles. The highest BCUT2D eigenvalue weighted by molar-refractivity contribution is 6.11. The summed E-state index contributed by atoms with van der Waals surface area (Å²) in [5.74, 6) is 1.75. The fourth-order valence-electron chi connectivity index (χ4n) is 8.09. The summed E-state index contributed by atoms with van der Waals surface area (Å²) >= 11 is 0. The summed E-state index contributed by atoms with van der Waals surface area (Å²) in [5.41, 5.74) is 12.1. The van der Waals surface area contributed by atoms with E-state index in [1.165, 1.54) is 0 Å². The summed E-state index contributed by atoms with van der Waals surface area (Å²) in [5, 5.41) is 4.40. The number of hydrogen-bond acceptors (Lipinski definition) is 4. The van der Waals surface area contributed by atoms with E-state index in [1.807, 2.05) is 97.1 Å². The Morgan fingerprint density at radius 2 is 0.966 bits per heavy atom. The molecule has 0 aliphatic rings. The topological polar surface area (TPSA) is 61.1 Å². The molecule has 0 N–H and O–H groups in total. The number of rotatable bonds is 6. The van der Waals surface area contributed by atoms with Crippen LogP contribution >= 0.6 is 0 Å². The number of benzene rings is 8. The summed E-state index contributed by atoms with van der Waals surface area (Å²) in [6, 6.07) is 64.2. The summed E-state index contributed by atoms with van der Waals surface area (Å²) in [4.78, 5) is 19.2. The molecule has 3 aromatic heterocycles. The fourth-order valence-corrected chi connectivity index (χ4v) is 8.09. The minimum absolute atomic E-state index is 0.561. The molecule has 0 fully saturated rings. The van der Waals surface area contributed by atoms with Crippen LogP contribution in [-0.2, 0) is 0 Å². The molecule has 0 spiro atoms. The monoisotopic (exact) mass is 741 g/mol. The Labute approximate surface area is 333 Å². The number of furan rings is 1. The molecule has 0 aliphatic carbocycles. The maximum atomic E-state index is 7.65. The van der Waals surface area contributed by atoms with E-state index >= 15 is 0 Å². The summed E-state index contributed by atoms with van der Waals surface area (Å²) in [7, 11) is 0. The lowest BCUT2D eigenvalue weighted by Crippen LogP contribution is -2.04. The quantitative estimate of drug-likeness (QED) is 0.159. The molecule has 0 bridgehead atoms. The van der Waals surface area contributed by atoms with Crippen LogP contribution in [0.5, 0.6) is 0 Å². The SMILES string of the molecule is [C-]#[N+]c1cccc(-c2ccc3c4ccccc4n(-c4ccc(-c5ccc6oc7ccccc7c6c5)cc4-c4nc(-c5ccccc5)nc(-c5ccccc5)n4)c3c2)c1. The van der Waals surface area contributed by atoms with Crippen LogP contribution in [-0.4, -0.2) is 19.5 Å². The zero-order valence-corrected chi connectivity index (χ0v) is 31.0. The zero-order valence-electron chi connectivity index (χ0n) is 31.0. The highest BCUT2D eigenvalue weighted by Gasteiger charge is 2.21. The molecular formula is C52H31N5O. The van der Waals surface area contributed by atoms with E-state index < -0.39 is 0 Å². The van der Waals surface area contributed by atoms with Gasteiger partial charge < -0.3 is 8.98 Å². The lowest BCUT2D eigenvalue weighted by atomic mass is 9.99. The van der Waals surface area contributed by atoms with Gasteiger partial charge in [-0.05, 0) is 70.8 Å². The van der Waals surface area contributed by atoms with Crippen molar-refractivity contribution in [2.24, 2.45) is 0 Å². The van der Waals surface area contributed by atoms with Crippen LogP contribution in [0.3, 0.4) is 0 Å². The lowest BCUT2D eigenvalue weighted by molar-refractivity contribution is 0.669. The molecule has 11 rings (SSSR count). The van der Waals surface area contributed by atoms with E-state index in [-0.39, 0.29) is 0 Å². The van der Waals surface area contributed by atoms with E-state index in [1.54, 1.807) is 0 Å². The van der Waals surface area contributed by atoms with Gasteiger partial charge in [-0.25, -0.2) is 19.8 Å². The average molecular weight is 742 g/mol. The summed E-state index contributed by atoms with van der Waals surface area (Å²) in [6.45, 7) is 7.65. The second kappa shape index (κ2) is 13.6. The van der Waals surface area contributed by atoms with Crippen LogP contribution in [0.2, 0.25) is 0 Å². The van der Waals surface area contributed by atoms with Crippen LogP contribution in [0.1, 0.15) is 0 Å². The van der Waals surface area contributed by atoms with Crippen molar-refractivity contribution >= 4 is 49.4 Å².